The normalized spacial score (nSPS) is 22.4. The minimum absolute atomic E-state index is 0.126. The number of benzene rings is 1. The number of carbonyl (C=O) groups is 1. The van der Waals surface area contributed by atoms with Crippen LogP contribution in [0.1, 0.15) is 43.0 Å². The molecule has 2 atom stereocenters. The first-order chi connectivity index (χ1) is 9.19. The van der Waals surface area contributed by atoms with Gasteiger partial charge in [-0.2, -0.15) is 0 Å². The van der Waals surface area contributed by atoms with Crippen LogP contribution in [0.5, 0.6) is 0 Å². The first-order valence-electron chi connectivity index (χ1n) is 7.26. The highest BCUT2D eigenvalue weighted by atomic mass is 16.1. The van der Waals surface area contributed by atoms with Crippen LogP contribution in [-0.4, -0.2) is 18.9 Å². The van der Waals surface area contributed by atoms with Gasteiger partial charge in [-0.3, -0.25) is 4.79 Å². The lowest BCUT2D eigenvalue weighted by atomic mass is 10.1. The largest absolute Gasteiger partial charge is 0.385 e. The molecule has 0 aromatic heterocycles. The van der Waals surface area contributed by atoms with Crippen molar-refractivity contribution in [2.45, 2.75) is 32.6 Å². The number of hydrogen-bond acceptors (Lipinski definition) is 3. The van der Waals surface area contributed by atoms with E-state index in [0.717, 1.165) is 29.6 Å². The molecule has 1 aliphatic carbocycles. The quantitative estimate of drug-likeness (QED) is 0.773. The fraction of sp³-hybridized carbons (Fsp3) is 0.562. The second kappa shape index (κ2) is 6.71. The zero-order chi connectivity index (χ0) is 13.7. The highest BCUT2D eigenvalue weighted by Gasteiger charge is 2.20. The molecule has 2 unspecified atom stereocenters. The summed E-state index contributed by atoms with van der Waals surface area (Å²) in [7, 11) is 0. The van der Waals surface area contributed by atoms with Crippen molar-refractivity contribution in [3.63, 3.8) is 0 Å². The van der Waals surface area contributed by atoms with Gasteiger partial charge >= 0.3 is 0 Å². The standard InChI is InChI=1S/C16H24N2O/c1-12-5-6-13(9-12)11-18-15-4-2-3-14(10-15)16(19)7-8-17/h2-4,10,12-13,18H,5-9,11,17H2,1H3. The molecule has 3 N–H and O–H groups in total. The summed E-state index contributed by atoms with van der Waals surface area (Å²) in [6.07, 6.45) is 4.41. The second-order valence-electron chi connectivity index (χ2n) is 5.71. The maximum atomic E-state index is 11.8. The van der Waals surface area contributed by atoms with Gasteiger partial charge in [0.05, 0.1) is 0 Å². The number of hydrogen-bond donors (Lipinski definition) is 2. The third-order valence-electron chi connectivity index (χ3n) is 3.95. The van der Waals surface area contributed by atoms with E-state index in [1.807, 2.05) is 24.3 Å². The van der Waals surface area contributed by atoms with Crippen LogP contribution in [0.25, 0.3) is 0 Å². The van der Waals surface area contributed by atoms with E-state index in [4.69, 9.17) is 5.73 Å². The molecule has 104 valence electrons. The highest BCUT2D eigenvalue weighted by Crippen LogP contribution is 2.30. The van der Waals surface area contributed by atoms with Crippen molar-refractivity contribution in [1.82, 2.24) is 0 Å². The molecule has 1 fully saturated rings. The van der Waals surface area contributed by atoms with Gasteiger partial charge in [-0.05, 0) is 43.4 Å². The van der Waals surface area contributed by atoms with E-state index in [-0.39, 0.29) is 5.78 Å². The van der Waals surface area contributed by atoms with Crippen molar-refractivity contribution < 1.29 is 4.79 Å². The molecule has 0 heterocycles. The van der Waals surface area contributed by atoms with Gasteiger partial charge in [0.25, 0.3) is 0 Å². The third-order valence-corrected chi connectivity index (χ3v) is 3.95. The Hall–Kier alpha value is -1.35. The van der Waals surface area contributed by atoms with Gasteiger partial charge in [0, 0.05) is 24.2 Å². The molecular weight excluding hydrogens is 236 g/mol. The molecular formula is C16H24N2O. The predicted molar refractivity (Wildman–Crippen MR) is 79.4 cm³/mol. The lowest BCUT2D eigenvalue weighted by Crippen LogP contribution is -2.12. The van der Waals surface area contributed by atoms with Gasteiger partial charge in [-0.1, -0.05) is 25.5 Å². The van der Waals surface area contributed by atoms with Gasteiger partial charge in [0.2, 0.25) is 0 Å². The Kier molecular flexibility index (Phi) is 4.97. The molecule has 0 amide bonds. The molecule has 3 heteroatoms. The summed E-state index contributed by atoms with van der Waals surface area (Å²) in [6.45, 7) is 3.75. The summed E-state index contributed by atoms with van der Waals surface area (Å²) < 4.78 is 0. The number of carbonyl (C=O) groups excluding carboxylic acids is 1. The summed E-state index contributed by atoms with van der Waals surface area (Å²) in [5.74, 6) is 1.77. The molecule has 1 aliphatic rings. The van der Waals surface area contributed by atoms with E-state index in [9.17, 15) is 4.79 Å². The summed E-state index contributed by atoms with van der Waals surface area (Å²) in [4.78, 5) is 11.8. The van der Waals surface area contributed by atoms with Crippen LogP contribution in [-0.2, 0) is 0 Å². The zero-order valence-corrected chi connectivity index (χ0v) is 11.7. The number of nitrogens with one attached hydrogen (secondary N) is 1. The summed E-state index contributed by atoms with van der Waals surface area (Å²) in [5.41, 5.74) is 7.23. The van der Waals surface area contributed by atoms with Gasteiger partial charge in [0.15, 0.2) is 5.78 Å². The smallest absolute Gasteiger partial charge is 0.164 e. The SMILES string of the molecule is CC1CCC(CNc2cccc(C(=O)CCN)c2)C1. The van der Waals surface area contributed by atoms with E-state index < -0.39 is 0 Å². The van der Waals surface area contributed by atoms with Crippen molar-refractivity contribution in [1.29, 1.82) is 0 Å². The molecule has 1 aromatic carbocycles. The molecule has 0 aliphatic heterocycles. The van der Waals surface area contributed by atoms with Crippen molar-refractivity contribution >= 4 is 11.5 Å². The highest BCUT2D eigenvalue weighted by molar-refractivity contribution is 5.97. The lowest BCUT2D eigenvalue weighted by Gasteiger charge is -2.13. The van der Waals surface area contributed by atoms with Crippen LogP contribution in [0.3, 0.4) is 0 Å². The molecule has 0 radical (unpaired) electrons. The Balaban J connectivity index is 1.90. The Morgan fingerprint density at radius 2 is 2.26 bits per heavy atom. The van der Waals surface area contributed by atoms with Crippen molar-refractivity contribution in [2.24, 2.45) is 17.6 Å². The predicted octanol–water partition coefficient (Wildman–Crippen LogP) is 3.07. The maximum Gasteiger partial charge on any atom is 0.164 e. The molecule has 2 rings (SSSR count). The van der Waals surface area contributed by atoms with Gasteiger partial charge in [-0.15, -0.1) is 0 Å². The molecule has 3 nitrogen and oxygen atoms in total. The van der Waals surface area contributed by atoms with Crippen LogP contribution in [0.15, 0.2) is 24.3 Å². The molecule has 0 spiro atoms. The topological polar surface area (TPSA) is 55.1 Å². The molecule has 0 saturated heterocycles. The zero-order valence-electron chi connectivity index (χ0n) is 11.7. The lowest BCUT2D eigenvalue weighted by molar-refractivity contribution is 0.0985. The van der Waals surface area contributed by atoms with Crippen molar-refractivity contribution in [3.8, 4) is 0 Å². The van der Waals surface area contributed by atoms with Crippen LogP contribution in [0, 0.1) is 11.8 Å². The molecule has 1 saturated carbocycles. The number of nitrogens with two attached hydrogens (primary N) is 1. The average Bonchev–Trinajstić information content (AvgIpc) is 2.83. The Bertz CT molecular complexity index is 431. The molecule has 0 bridgehead atoms. The minimum atomic E-state index is 0.126. The number of rotatable bonds is 6. The van der Waals surface area contributed by atoms with E-state index in [1.165, 1.54) is 19.3 Å². The van der Waals surface area contributed by atoms with E-state index in [1.54, 1.807) is 0 Å². The van der Waals surface area contributed by atoms with Gasteiger partial charge in [0.1, 0.15) is 0 Å². The third kappa shape index (κ3) is 4.06. The van der Waals surface area contributed by atoms with Gasteiger partial charge in [-0.25, -0.2) is 0 Å². The van der Waals surface area contributed by atoms with Crippen molar-refractivity contribution in [3.05, 3.63) is 29.8 Å². The number of ketones is 1. The van der Waals surface area contributed by atoms with Crippen molar-refractivity contribution in [2.75, 3.05) is 18.4 Å². The van der Waals surface area contributed by atoms with Crippen LogP contribution in [0.4, 0.5) is 5.69 Å². The van der Waals surface area contributed by atoms with E-state index >= 15 is 0 Å². The van der Waals surface area contributed by atoms with E-state index in [2.05, 4.69) is 12.2 Å². The average molecular weight is 260 g/mol. The Labute approximate surface area is 115 Å². The van der Waals surface area contributed by atoms with Crippen LogP contribution < -0.4 is 11.1 Å². The summed E-state index contributed by atoms with van der Waals surface area (Å²) in [6, 6.07) is 7.76. The second-order valence-corrected chi connectivity index (χ2v) is 5.71. The first-order valence-corrected chi connectivity index (χ1v) is 7.26. The summed E-state index contributed by atoms with van der Waals surface area (Å²) in [5, 5.41) is 3.46. The maximum absolute atomic E-state index is 11.8. The van der Waals surface area contributed by atoms with Gasteiger partial charge < -0.3 is 11.1 Å². The Morgan fingerprint density at radius 3 is 2.95 bits per heavy atom. The summed E-state index contributed by atoms with van der Waals surface area (Å²) >= 11 is 0. The monoisotopic (exact) mass is 260 g/mol. The minimum Gasteiger partial charge on any atom is -0.385 e. The fourth-order valence-electron chi connectivity index (χ4n) is 2.85. The van der Waals surface area contributed by atoms with Crippen LogP contribution in [0.2, 0.25) is 0 Å². The van der Waals surface area contributed by atoms with Crippen LogP contribution >= 0.6 is 0 Å². The van der Waals surface area contributed by atoms with E-state index in [0.29, 0.717) is 13.0 Å². The first kappa shape index (κ1) is 14.1. The number of Topliss-reactive ketones (excluding diaryl/α,β-unsaturated/α-hetero) is 1. The molecule has 19 heavy (non-hydrogen) atoms. The molecule has 1 aromatic rings. The Morgan fingerprint density at radius 1 is 1.42 bits per heavy atom. The number of anilines is 1. The fourth-order valence-corrected chi connectivity index (χ4v) is 2.85.